The minimum atomic E-state index is -0.788. The molecular formula is C16H32N4O3. The van der Waals surface area contributed by atoms with E-state index in [-0.39, 0.29) is 6.54 Å². The Bertz CT molecular complexity index is 329. The Morgan fingerprint density at radius 1 is 1.22 bits per heavy atom. The van der Waals surface area contributed by atoms with E-state index < -0.39 is 5.97 Å². The van der Waals surface area contributed by atoms with Gasteiger partial charge in [0, 0.05) is 19.1 Å². The molecule has 134 valence electrons. The van der Waals surface area contributed by atoms with Crippen molar-refractivity contribution in [1.29, 1.82) is 0 Å². The Morgan fingerprint density at radius 3 is 2.65 bits per heavy atom. The van der Waals surface area contributed by atoms with E-state index in [1.54, 1.807) is 0 Å². The molecule has 0 aliphatic carbocycles. The molecular weight excluding hydrogens is 296 g/mol. The predicted octanol–water partition coefficient (Wildman–Crippen LogP) is 0.0359. The van der Waals surface area contributed by atoms with E-state index in [1.165, 1.54) is 12.8 Å². The number of piperidine rings is 2. The normalized spacial score (nSPS) is 21.6. The molecule has 23 heavy (non-hydrogen) atoms. The number of hydrogen-bond acceptors (Lipinski definition) is 6. The molecule has 7 nitrogen and oxygen atoms in total. The van der Waals surface area contributed by atoms with Crippen LogP contribution < -0.4 is 16.0 Å². The molecule has 2 aliphatic heterocycles. The first-order valence-corrected chi connectivity index (χ1v) is 8.98. The molecule has 2 rings (SSSR count). The molecule has 0 radical (unpaired) electrons. The Balaban J connectivity index is 1.42. The summed E-state index contributed by atoms with van der Waals surface area (Å²) >= 11 is 0. The molecule has 2 saturated heterocycles. The number of aliphatic carboxylic acids is 1. The van der Waals surface area contributed by atoms with E-state index in [1.807, 2.05) is 0 Å². The maximum Gasteiger partial charge on any atom is 0.317 e. The summed E-state index contributed by atoms with van der Waals surface area (Å²) in [5.41, 5.74) is 0. The van der Waals surface area contributed by atoms with Gasteiger partial charge in [0.15, 0.2) is 0 Å². The standard InChI is InChI=1S/C16H32N4O3/c21-16(22)13-18-12-14-4-9-20(10-5-14)23-11-1-6-19-15-2-7-17-8-3-15/h14-15,17-19H,1-13H2,(H,21,22). The highest BCUT2D eigenvalue weighted by molar-refractivity contribution is 5.68. The highest BCUT2D eigenvalue weighted by atomic mass is 16.7. The zero-order chi connectivity index (χ0) is 16.3. The molecule has 2 heterocycles. The molecule has 0 saturated carbocycles. The Hall–Kier alpha value is -0.730. The summed E-state index contributed by atoms with van der Waals surface area (Å²) in [6.45, 7) is 6.80. The molecule has 0 unspecified atom stereocenters. The van der Waals surface area contributed by atoms with E-state index in [0.717, 1.165) is 65.1 Å². The van der Waals surface area contributed by atoms with Crippen LogP contribution in [0.5, 0.6) is 0 Å². The van der Waals surface area contributed by atoms with Crippen molar-refractivity contribution in [3.05, 3.63) is 0 Å². The van der Waals surface area contributed by atoms with E-state index in [0.29, 0.717) is 12.0 Å². The Morgan fingerprint density at radius 2 is 1.96 bits per heavy atom. The number of hydroxylamine groups is 2. The third kappa shape index (κ3) is 8.08. The maximum absolute atomic E-state index is 10.5. The number of carboxylic acid groups (broad SMARTS) is 1. The van der Waals surface area contributed by atoms with Crippen LogP contribution in [0.1, 0.15) is 32.1 Å². The van der Waals surface area contributed by atoms with E-state index in [9.17, 15) is 4.79 Å². The van der Waals surface area contributed by atoms with Gasteiger partial charge in [-0.15, -0.1) is 0 Å². The summed E-state index contributed by atoms with van der Waals surface area (Å²) in [7, 11) is 0. The van der Waals surface area contributed by atoms with Gasteiger partial charge in [-0.25, -0.2) is 0 Å². The van der Waals surface area contributed by atoms with Crippen molar-refractivity contribution in [3.8, 4) is 0 Å². The summed E-state index contributed by atoms with van der Waals surface area (Å²) in [6, 6.07) is 0.672. The number of hydrogen-bond donors (Lipinski definition) is 4. The lowest BCUT2D eigenvalue weighted by molar-refractivity contribution is -0.174. The van der Waals surface area contributed by atoms with Crippen molar-refractivity contribution in [1.82, 2.24) is 21.0 Å². The first-order valence-electron chi connectivity index (χ1n) is 8.98. The first-order chi connectivity index (χ1) is 11.2. The SMILES string of the molecule is O=C(O)CNCC1CCN(OCCCNC2CCNCC2)CC1. The van der Waals surface area contributed by atoms with Crippen molar-refractivity contribution in [2.75, 3.05) is 52.4 Å². The van der Waals surface area contributed by atoms with Gasteiger partial charge < -0.3 is 21.1 Å². The lowest BCUT2D eigenvalue weighted by Crippen LogP contribution is -2.41. The van der Waals surface area contributed by atoms with Crippen molar-refractivity contribution >= 4 is 5.97 Å². The smallest absolute Gasteiger partial charge is 0.317 e. The second kappa shape index (κ2) is 10.9. The molecule has 0 aromatic rings. The summed E-state index contributed by atoms with van der Waals surface area (Å²) in [5, 5.41) is 20.6. The maximum atomic E-state index is 10.5. The summed E-state index contributed by atoms with van der Waals surface area (Å²) in [5.74, 6) is -0.223. The highest BCUT2D eigenvalue weighted by Crippen LogP contribution is 2.16. The van der Waals surface area contributed by atoms with Crippen LogP contribution in [0.4, 0.5) is 0 Å². The molecule has 0 bridgehead atoms. The van der Waals surface area contributed by atoms with Crippen LogP contribution in [-0.4, -0.2) is 74.6 Å². The van der Waals surface area contributed by atoms with Crippen LogP contribution in [0.3, 0.4) is 0 Å². The Kier molecular flexibility index (Phi) is 8.85. The van der Waals surface area contributed by atoms with E-state index in [2.05, 4.69) is 21.0 Å². The average Bonchev–Trinajstić information content (AvgIpc) is 2.56. The molecule has 2 fully saturated rings. The third-order valence-corrected chi connectivity index (χ3v) is 4.65. The van der Waals surface area contributed by atoms with Gasteiger partial charge in [-0.1, -0.05) is 0 Å². The van der Waals surface area contributed by atoms with Crippen LogP contribution >= 0.6 is 0 Å². The first kappa shape index (κ1) is 18.6. The fourth-order valence-electron chi connectivity index (χ4n) is 3.22. The van der Waals surface area contributed by atoms with Crippen LogP contribution in [0, 0.1) is 5.92 Å². The number of nitrogens with zero attached hydrogens (tertiary/aromatic N) is 1. The number of carbonyl (C=O) groups is 1. The largest absolute Gasteiger partial charge is 0.480 e. The fourth-order valence-corrected chi connectivity index (χ4v) is 3.22. The summed E-state index contributed by atoms with van der Waals surface area (Å²) in [4.78, 5) is 16.3. The molecule has 0 aromatic heterocycles. The van der Waals surface area contributed by atoms with Gasteiger partial charge in [-0.2, -0.15) is 5.06 Å². The van der Waals surface area contributed by atoms with Crippen LogP contribution in [0.25, 0.3) is 0 Å². The van der Waals surface area contributed by atoms with Crippen molar-refractivity contribution < 1.29 is 14.7 Å². The summed E-state index contributed by atoms with van der Waals surface area (Å²) < 4.78 is 0. The zero-order valence-corrected chi connectivity index (χ0v) is 14.1. The van der Waals surface area contributed by atoms with Gasteiger partial charge in [0.1, 0.15) is 0 Å². The topological polar surface area (TPSA) is 85.9 Å². The van der Waals surface area contributed by atoms with Crippen molar-refractivity contribution in [2.24, 2.45) is 5.92 Å². The predicted molar refractivity (Wildman–Crippen MR) is 89.3 cm³/mol. The van der Waals surface area contributed by atoms with Gasteiger partial charge >= 0.3 is 5.97 Å². The molecule has 2 aliphatic rings. The Labute approximate surface area is 139 Å². The van der Waals surface area contributed by atoms with Gasteiger partial charge in [-0.05, 0) is 64.2 Å². The van der Waals surface area contributed by atoms with E-state index in [4.69, 9.17) is 9.94 Å². The molecule has 0 amide bonds. The third-order valence-electron chi connectivity index (χ3n) is 4.65. The van der Waals surface area contributed by atoms with Crippen molar-refractivity contribution in [2.45, 2.75) is 38.1 Å². The molecule has 0 spiro atoms. The second-order valence-electron chi connectivity index (χ2n) is 6.56. The lowest BCUT2D eigenvalue weighted by atomic mass is 9.98. The number of nitrogens with one attached hydrogen (secondary N) is 3. The van der Waals surface area contributed by atoms with Gasteiger partial charge in [0.2, 0.25) is 0 Å². The molecule has 4 N–H and O–H groups in total. The zero-order valence-electron chi connectivity index (χ0n) is 14.1. The minimum absolute atomic E-state index is 0.0563. The molecule has 0 aromatic carbocycles. The average molecular weight is 328 g/mol. The highest BCUT2D eigenvalue weighted by Gasteiger charge is 2.19. The fraction of sp³-hybridized carbons (Fsp3) is 0.938. The number of carboxylic acids is 1. The molecule has 7 heteroatoms. The lowest BCUT2D eigenvalue weighted by Gasteiger charge is -2.31. The minimum Gasteiger partial charge on any atom is -0.480 e. The number of rotatable bonds is 10. The second-order valence-corrected chi connectivity index (χ2v) is 6.56. The monoisotopic (exact) mass is 328 g/mol. The van der Waals surface area contributed by atoms with Crippen molar-refractivity contribution in [3.63, 3.8) is 0 Å². The quantitative estimate of drug-likeness (QED) is 0.421. The van der Waals surface area contributed by atoms with E-state index >= 15 is 0 Å². The van der Waals surface area contributed by atoms with Gasteiger partial charge in [-0.3, -0.25) is 9.63 Å². The van der Waals surface area contributed by atoms with Crippen LogP contribution in [0.15, 0.2) is 0 Å². The van der Waals surface area contributed by atoms with Crippen LogP contribution in [-0.2, 0) is 9.63 Å². The van der Waals surface area contributed by atoms with Gasteiger partial charge in [0.25, 0.3) is 0 Å². The van der Waals surface area contributed by atoms with Crippen LogP contribution in [0.2, 0.25) is 0 Å². The summed E-state index contributed by atoms with van der Waals surface area (Å²) in [6.07, 6.45) is 5.64. The molecule has 0 atom stereocenters. The van der Waals surface area contributed by atoms with Gasteiger partial charge in [0.05, 0.1) is 13.2 Å².